The number of hydrogen-bond donors (Lipinski definition) is 3. The number of halogens is 1. The van der Waals surface area contributed by atoms with Crippen molar-refractivity contribution < 1.29 is 24.1 Å². The summed E-state index contributed by atoms with van der Waals surface area (Å²) in [6.07, 6.45) is -4.23. The summed E-state index contributed by atoms with van der Waals surface area (Å²) in [6.45, 7) is 0.870. The van der Waals surface area contributed by atoms with Crippen molar-refractivity contribution in [3.05, 3.63) is 33.1 Å². The minimum Gasteiger partial charge on any atom is -0.391 e. The van der Waals surface area contributed by atoms with Crippen molar-refractivity contribution in [2.24, 2.45) is 0 Å². The maximum absolute atomic E-state index is 14.1. The zero-order valence-electron chi connectivity index (χ0n) is 10.7. The lowest BCUT2D eigenvalue weighted by molar-refractivity contribution is -0.280. The molecule has 1 aliphatic rings. The molecule has 1 aromatic rings. The molecule has 112 valence electrons. The topological polar surface area (TPSA) is 114 Å². The summed E-state index contributed by atoms with van der Waals surface area (Å²) in [7, 11) is 0. The van der Waals surface area contributed by atoms with E-state index in [1.165, 1.54) is 0 Å². The number of ether oxygens (including phenoxy) is 2. The predicted molar refractivity (Wildman–Crippen MR) is 63.8 cm³/mol. The van der Waals surface area contributed by atoms with E-state index in [1.54, 1.807) is 6.92 Å². The van der Waals surface area contributed by atoms with E-state index in [4.69, 9.17) is 9.47 Å². The van der Waals surface area contributed by atoms with Crippen LogP contribution in [0.5, 0.6) is 0 Å². The molecule has 1 fully saturated rings. The van der Waals surface area contributed by atoms with Crippen LogP contribution in [0.3, 0.4) is 0 Å². The van der Waals surface area contributed by atoms with E-state index in [1.807, 2.05) is 4.98 Å². The minimum absolute atomic E-state index is 0.0670. The fourth-order valence-electron chi connectivity index (χ4n) is 2.12. The number of nitrogens with zero attached hydrogens (tertiary/aromatic N) is 1. The zero-order valence-corrected chi connectivity index (χ0v) is 10.7. The highest BCUT2D eigenvalue weighted by Crippen LogP contribution is 2.38. The molecular formula is C11H15FN2O6. The van der Waals surface area contributed by atoms with Crippen LogP contribution in [-0.2, 0) is 9.47 Å². The van der Waals surface area contributed by atoms with E-state index in [-0.39, 0.29) is 6.61 Å². The van der Waals surface area contributed by atoms with Crippen molar-refractivity contribution >= 4 is 0 Å². The summed E-state index contributed by atoms with van der Waals surface area (Å²) in [5.41, 5.74) is -1.53. The van der Waals surface area contributed by atoms with Crippen molar-refractivity contribution in [3.63, 3.8) is 0 Å². The van der Waals surface area contributed by atoms with Crippen molar-refractivity contribution in [2.45, 2.75) is 31.2 Å². The molecule has 2 heterocycles. The Bertz CT molecular complexity index is 587. The number of hydrogen-bond acceptors (Lipinski definition) is 6. The van der Waals surface area contributed by atoms with Crippen LogP contribution in [0.1, 0.15) is 13.2 Å². The second kappa shape index (κ2) is 5.44. The lowest BCUT2D eigenvalue weighted by Gasteiger charge is -2.29. The van der Waals surface area contributed by atoms with Gasteiger partial charge in [-0.2, -0.15) is 0 Å². The first-order chi connectivity index (χ1) is 9.45. The minimum atomic E-state index is -2.00. The molecule has 0 aliphatic carbocycles. The molecule has 0 spiro atoms. The molecule has 8 nitrogen and oxygen atoms in total. The Hall–Kier alpha value is -1.55. The Kier molecular flexibility index (Phi) is 4.04. The van der Waals surface area contributed by atoms with E-state index < -0.39 is 42.1 Å². The predicted octanol–water partition coefficient (Wildman–Crippen LogP) is -1.51. The van der Waals surface area contributed by atoms with Gasteiger partial charge < -0.3 is 19.7 Å². The molecule has 0 amide bonds. The number of nitrogens with one attached hydrogen (secondary N) is 1. The fraction of sp³-hybridized carbons (Fsp3) is 0.636. The molecule has 20 heavy (non-hydrogen) atoms. The van der Waals surface area contributed by atoms with Crippen LogP contribution in [0.2, 0.25) is 0 Å². The Balaban J connectivity index is 2.39. The molecule has 0 radical (unpaired) electrons. The number of aliphatic hydroxyl groups is 2. The highest BCUT2D eigenvalue weighted by Gasteiger charge is 2.57. The number of H-pyrrole nitrogens is 1. The molecule has 4 atom stereocenters. The quantitative estimate of drug-likeness (QED) is 0.621. The number of aromatic nitrogens is 2. The summed E-state index contributed by atoms with van der Waals surface area (Å²) in [5, 5.41) is 19.1. The lowest BCUT2D eigenvalue weighted by Crippen LogP contribution is -2.47. The largest absolute Gasteiger partial charge is 0.391 e. The molecular weight excluding hydrogens is 275 g/mol. The molecule has 1 aromatic heterocycles. The smallest absolute Gasteiger partial charge is 0.330 e. The van der Waals surface area contributed by atoms with Gasteiger partial charge in [0.05, 0.1) is 0 Å². The molecule has 0 saturated carbocycles. The highest BCUT2D eigenvalue weighted by atomic mass is 19.1. The van der Waals surface area contributed by atoms with E-state index in [0.29, 0.717) is 0 Å². The summed E-state index contributed by atoms with van der Waals surface area (Å²) in [4.78, 5) is 24.5. The molecule has 3 N–H and O–H groups in total. The van der Waals surface area contributed by atoms with Crippen LogP contribution in [-0.4, -0.2) is 51.0 Å². The van der Waals surface area contributed by atoms with Gasteiger partial charge in [0.25, 0.3) is 5.56 Å². The Morgan fingerprint density at radius 1 is 1.60 bits per heavy atom. The van der Waals surface area contributed by atoms with Gasteiger partial charge in [-0.05, 0) is 6.92 Å². The molecule has 1 aliphatic heterocycles. The standard InChI is InChI=1S/C11H15FN2O6/c1-2-19-11(5-15)8(17)7(12)9(20-11)14-4-3-6(16)13-10(14)18/h3-4,7-9,15,17H,2,5H2,1H3,(H,13,16,18)/t7-,8+,9-,11-/m1/s1. The van der Waals surface area contributed by atoms with Gasteiger partial charge in [-0.1, -0.05) is 0 Å². The number of aromatic amines is 1. The van der Waals surface area contributed by atoms with E-state index in [9.17, 15) is 24.2 Å². The van der Waals surface area contributed by atoms with Gasteiger partial charge >= 0.3 is 5.69 Å². The van der Waals surface area contributed by atoms with Crippen molar-refractivity contribution in [1.82, 2.24) is 9.55 Å². The highest BCUT2D eigenvalue weighted by molar-refractivity contribution is 4.97. The van der Waals surface area contributed by atoms with Gasteiger partial charge in [-0.15, -0.1) is 0 Å². The van der Waals surface area contributed by atoms with E-state index >= 15 is 0 Å². The van der Waals surface area contributed by atoms with Crippen LogP contribution in [0.25, 0.3) is 0 Å². The Labute approximate surface area is 112 Å². The van der Waals surface area contributed by atoms with Gasteiger partial charge in [-0.3, -0.25) is 14.3 Å². The van der Waals surface area contributed by atoms with Crippen LogP contribution >= 0.6 is 0 Å². The van der Waals surface area contributed by atoms with Gasteiger partial charge in [0.15, 0.2) is 12.4 Å². The van der Waals surface area contributed by atoms with Gasteiger partial charge in [-0.25, -0.2) is 9.18 Å². The lowest BCUT2D eigenvalue weighted by atomic mass is 10.1. The summed E-state index contributed by atoms with van der Waals surface area (Å²) in [6, 6.07) is 1.02. The number of aliphatic hydroxyl groups excluding tert-OH is 2. The van der Waals surface area contributed by atoms with Gasteiger partial charge in [0, 0.05) is 18.9 Å². The first-order valence-corrected chi connectivity index (χ1v) is 6.01. The molecule has 0 unspecified atom stereocenters. The van der Waals surface area contributed by atoms with Crippen LogP contribution in [0.15, 0.2) is 21.9 Å². The Morgan fingerprint density at radius 3 is 2.85 bits per heavy atom. The number of alkyl halides is 1. The van der Waals surface area contributed by atoms with Crippen LogP contribution < -0.4 is 11.2 Å². The average Bonchev–Trinajstić information content (AvgIpc) is 2.65. The second-order valence-electron chi connectivity index (χ2n) is 4.32. The maximum atomic E-state index is 14.1. The van der Waals surface area contributed by atoms with Crippen molar-refractivity contribution in [3.8, 4) is 0 Å². The SMILES string of the molecule is CCO[C@]1(CO)O[C@@H](n2ccc(=O)[nH]c2=O)[C@H](F)[C@@H]1O. The monoisotopic (exact) mass is 290 g/mol. The van der Waals surface area contributed by atoms with Gasteiger partial charge in [0.2, 0.25) is 5.79 Å². The first-order valence-electron chi connectivity index (χ1n) is 6.01. The molecule has 2 rings (SSSR count). The normalized spacial score (nSPS) is 33.5. The third kappa shape index (κ3) is 2.29. The van der Waals surface area contributed by atoms with E-state index in [2.05, 4.69) is 0 Å². The van der Waals surface area contributed by atoms with Crippen molar-refractivity contribution in [2.75, 3.05) is 13.2 Å². The third-order valence-corrected chi connectivity index (χ3v) is 3.08. The summed E-state index contributed by atoms with van der Waals surface area (Å²) >= 11 is 0. The summed E-state index contributed by atoms with van der Waals surface area (Å²) in [5.74, 6) is -1.94. The molecule has 1 saturated heterocycles. The maximum Gasteiger partial charge on any atom is 0.330 e. The number of rotatable bonds is 4. The fourth-order valence-corrected chi connectivity index (χ4v) is 2.12. The van der Waals surface area contributed by atoms with Crippen molar-refractivity contribution in [1.29, 1.82) is 0 Å². The molecule has 0 aromatic carbocycles. The zero-order chi connectivity index (χ0) is 14.9. The van der Waals surface area contributed by atoms with Crippen LogP contribution in [0, 0.1) is 0 Å². The first kappa shape index (κ1) is 14.9. The summed E-state index contributed by atoms with van der Waals surface area (Å²) < 4.78 is 25.2. The Morgan fingerprint density at radius 2 is 2.30 bits per heavy atom. The average molecular weight is 290 g/mol. The molecule has 9 heteroatoms. The van der Waals surface area contributed by atoms with E-state index in [0.717, 1.165) is 16.8 Å². The molecule has 0 bridgehead atoms. The second-order valence-corrected chi connectivity index (χ2v) is 4.32. The van der Waals surface area contributed by atoms with Gasteiger partial charge in [0.1, 0.15) is 12.7 Å². The third-order valence-electron chi connectivity index (χ3n) is 3.08. The van der Waals surface area contributed by atoms with Crippen LogP contribution in [0.4, 0.5) is 4.39 Å².